The van der Waals surface area contributed by atoms with E-state index in [0.717, 1.165) is 0 Å². The minimum atomic E-state index is -3.93. The molecule has 0 spiro atoms. The van der Waals surface area contributed by atoms with E-state index in [0.29, 0.717) is 36.2 Å². The van der Waals surface area contributed by atoms with Crippen LogP contribution in [0, 0.1) is 0 Å². The molecule has 162 valence electrons. The number of hydroxylamine groups is 2. The Kier molecular flexibility index (Phi) is 5.61. The number of hydrogen-bond acceptors (Lipinski definition) is 8. The van der Waals surface area contributed by atoms with E-state index in [2.05, 4.69) is 4.72 Å². The highest BCUT2D eigenvalue weighted by Crippen LogP contribution is 2.31. The number of carbonyl (C=O) groups is 3. The molecular formula is C20H18N2O8S. The van der Waals surface area contributed by atoms with Gasteiger partial charge in [0, 0.05) is 19.0 Å². The highest BCUT2D eigenvalue weighted by Gasteiger charge is 2.38. The molecule has 2 aliphatic heterocycles. The average molecular weight is 446 g/mol. The lowest BCUT2D eigenvalue weighted by molar-refractivity contribution is -0.168. The molecule has 0 fully saturated rings. The zero-order chi connectivity index (χ0) is 22.0. The number of sulfonamides is 1. The second-order valence-corrected chi connectivity index (χ2v) is 8.49. The summed E-state index contributed by atoms with van der Waals surface area (Å²) in [6.07, 6.45) is 0.293. The number of hydrogen-bond donors (Lipinski definition) is 1. The molecule has 2 aromatic carbocycles. The Morgan fingerprint density at radius 3 is 2.32 bits per heavy atom. The van der Waals surface area contributed by atoms with Gasteiger partial charge in [0.25, 0.3) is 11.8 Å². The molecule has 0 unspecified atom stereocenters. The van der Waals surface area contributed by atoms with Crippen LogP contribution in [0.5, 0.6) is 11.5 Å². The largest absolute Gasteiger partial charge is 0.490 e. The van der Waals surface area contributed by atoms with Crippen molar-refractivity contribution < 1.29 is 37.1 Å². The number of ether oxygens (including phenoxy) is 2. The van der Waals surface area contributed by atoms with Crippen LogP contribution in [0.4, 0.5) is 0 Å². The highest BCUT2D eigenvalue weighted by molar-refractivity contribution is 7.89. The molecule has 31 heavy (non-hydrogen) atoms. The van der Waals surface area contributed by atoms with Crippen LogP contribution in [-0.4, -0.2) is 51.0 Å². The predicted molar refractivity (Wildman–Crippen MR) is 105 cm³/mol. The first kappa shape index (κ1) is 20.8. The van der Waals surface area contributed by atoms with Crippen LogP contribution in [0.1, 0.15) is 33.6 Å². The van der Waals surface area contributed by atoms with E-state index in [1.54, 1.807) is 12.1 Å². The lowest BCUT2D eigenvalue weighted by atomic mass is 10.1. The smallest absolute Gasteiger partial charge is 0.334 e. The minimum absolute atomic E-state index is 0.0505. The fourth-order valence-electron chi connectivity index (χ4n) is 3.08. The Morgan fingerprint density at radius 2 is 1.65 bits per heavy atom. The van der Waals surface area contributed by atoms with Gasteiger partial charge in [-0.25, -0.2) is 17.9 Å². The molecule has 2 amide bonds. The minimum Gasteiger partial charge on any atom is -0.490 e. The third-order valence-corrected chi connectivity index (χ3v) is 6.06. The molecule has 0 saturated carbocycles. The van der Waals surface area contributed by atoms with Crippen molar-refractivity contribution in [2.24, 2.45) is 0 Å². The van der Waals surface area contributed by atoms with E-state index < -0.39 is 34.2 Å². The maximum atomic E-state index is 12.5. The quantitative estimate of drug-likeness (QED) is 0.657. The number of fused-ring (bicyclic) bond motifs is 2. The molecular weight excluding hydrogens is 428 g/mol. The summed E-state index contributed by atoms with van der Waals surface area (Å²) in [6.45, 7) is 0.596. The van der Waals surface area contributed by atoms with E-state index in [1.165, 1.54) is 30.3 Å². The molecule has 2 aliphatic rings. The maximum Gasteiger partial charge on any atom is 0.334 e. The van der Waals surface area contributed by atoms with Crippen LogP contribution >= 0.6 is 0 Å². The fraction of sp³-hybridized carbons (Fsp3) is 0.250. The molecule has 2 heterocycles. The molecule has 0 aliphatic carbocycles. The van der Waals surface area contributed by atoms with Gasteiger partial charge in [-0.2, -0.15) is 0 Å². The lowest BCUT2D eigenvalue weighted by Gasteiger charge is -2.13. The van der Waals surface area contributed by atoms with Crippen LogP contribution in [0.25, 0.3) is 0 Å². The van der Waals surface area contributed by atoms with Gasteiger partial charge >= 0.3 is 5.97 Å². The second-order valence-electron chi connectivity index (χ2n) is 6.72. The summed E-state index contributed by atoms with van der Waals surface area (Å²) in [6, 6.07) is 10.3. The summed E-state index contributed by atoms with van der Waals surface area (Å²) in [5, 5.41) is 0.380. The summed E-state index contributed by atoms with van der Waals surface area (Å²) >= 11 is 0. The molecule has 0 radical (unpaired) electrons. The summed E-state index contributed by atoms with van der Waals surface area (Å²) in [5.41, 5.74) is 0.269. The summed E-state index contributed by atoms with van der Waals surface area (Å²) in [7, 11) is -3.93. The maximum absolute atomic E-state index is 12.5. The molecule has 0 atom stereocenters. The van der Waals surface area contributed by atoms with Crippen molar-refractivity contribution in [2.75, 3.05) is 19.8 Å². The molecule has 0 aromatic heterocycles. The van der Waals surface area contributed by atoms with Crippen LogP contribution in [0.3, 0.4) is 0 Å². The van der Waals surface area contributed by atoms with Crippen molar-refractivity contribution in [1.82, 2.24) is 9.79 Å². The van der Waals surface area contributed by atoms with Gasteiger partial charge in [-0.1, -0.05) is 17.2 Å². The molecule has 10 nitrogen and oxygen atoms in total. The molecule has 2 aromatic rings. The Bertz CT molecular complexity index is 1130. The van der Waals surface area contributed by atoms with E-state index >= 15 is 0 Å². The van der Waals surface area contributed by atoms with Crippen LogP contribution in [0.2, 0.25) is 0 Å². The van der Waals surface area contributed by atoms with Gasteiger partial charge in [0.1, 0.15) is 0 Å². The second kappa shape index (κ2) is 8.36. The Labute approximate surface area is 177 Å². The number of imide groups is 1. The number of carbonyl (C=O) groups excluding carboxylic acids is 3. The Morgan fingerprint density at radius 1 is 1.00 bits per heavy atom. The van der Waals surface area contributed by atoms with Gasteiger partial charge in [-0.3, -0.25) is 9.59 Å². The standard InChI is InChI=1S/C20H18N2O8S/c23-18(30-22-19(24)14-4-1-2-5-15(14)20(22)25)8-9-21-31(26,27)13-6-7-16-17(12-13)29-11-3-10-28-16/h1-2,4-7,12,21H,3,8-11H2. The Hall–Kier alpha value is -3.44. The molecule has 0 saturated heterocycles. The van der Waals surface area contributed by atoms with Crippen LogP contribution < -0.4 is 14.2 Å². The number of rotatable bonds is 6. The van der Waals surface area contributed by atoms with Crippen molar-refractivity contribution in [1.29, 1.82) is 0 Å². The third-order valence-electron chi connectivity index (χ3n) is 4.60. The van der Waals surface area contributed by atoms with Crippen molar-refractivity contribution in [3.8, 4) is 11.5 Å². The van der Waals surface area contributed by atoms with Crippen LogP contribution in [-0.2, 0) is 19.7 Å². The van der Waals surface area contributed by atoms with E-state index in [-0.39, 0.29) is 22.6 Å². The monoisotopic (exact) mass is 446 g/mol. The van der Waals surface area contributed by atoms with Gasteiger partial charge < -0.3 is 14.3 Å². The number of benzene rings is 2. The topological polar surface area (TPSA) is 128 Å². The van der Waals surface area contributed by atoms with Crippen LogP contribution in [0.15, 0.2) is 47.4 Å². The summed E-state index contributed by atoms with van der Waals surface area (Å²) < 4.78 is 38.2. The number of amides is 2. The third kappa shape index (κ3) is 4.23. The molecule has 1 N–H and O–H groups in total. The SMILES string of the molecule is O=C(CCNS(=O)(=O)c1ccc2c(c1)OCCCO2)ON1C(=O)c2ccccc2C1=O. The first-order chi connectivity index (χ1) is 14.9. The first-order valence-electron chi connectivity index (χ1n) is 9.45. The van der Waals surface area contributed by atoms with E-state index in [1.807, 2.05) is 0 Å². The van der Waals surface area contributed by atoms with Gasteiger partial charge in [-0.05, 0) is 24.3 Å². The fourth-order valence-corrected chi connectivity index (χ4v) is 4.13. The van der Waals surface area contributed by atoms with Gasteiger partial charge in [-0.15, -0.1) is 0 Å². The van der Waals surface area contributed by atoms with E-state index in [4.69, 9.17) is 14.3 Å². The first-order valence-corrected chi connectivity index (χ1v) is 10.9. The molecule has 0 bridgehead atoms. The van der Waals surface area contributed by atoms with Gasteiger partial charge in [0.15, 0.2) is 11.5 Å². The zero-order valence-corrected chi connectivity index (χ0v) is 17.0. The van der Waals surface area contributed by atoms with Crippen molar-refractivity contribution in [2.45, 2.75) is 17.7 Å². The summed E-state index contributed by atoms with van der Waals surface area (Å²) in [4.78, 5) is 41.2. The molecule has 11 heteroatoms. The van der Waals surface area contributed by atoms with Crippen molar-refractivity contribution in [3.05, 3.63) is 53.6 Å². The summed E-state index contributed by atoms with van der Waals surface area (Å²) in [5.74, 6) is -1.65. The Balaban J connectivity index is 1.34. The zero-order valence-electron chi connectivity index (χ0n) is 16.2. The lowest BCUT2D eigenvalue weighted by Crippen LogP contribution is -2.34. The predicted octanol–water partition coefficient (Wildman–Crippen LogP) is 1.27. The normalized spacial score (nSPS) is 15.4. The van der Waals surface area contributed by atoms with Gasteiger partial charge in [0.05, 0.1) is 35.7 Å². The number of nitrogens with one attached hydrogen (secondary N) is 1. The highest BCUT2D eigenvalue weighted by atomic mass is 32.2. The van der Waals surface area contributed by atoms with Gasteiger partial charge in [0.2, 0.25) is 10.0 Å². The molecule has 4 rings (SSSR count). The van der Waals surface area contributed by atoms with E-state index in [9.17, 15) is 22.8 Å². The number of nitrogens with zero attached hydrogens (tertiary/aromatic N) is 1. The van der Waals surface area contributed by atoms with Crippen molar-refractivity contribution in [3.63, 3.8) is 0 Å². The van der Waals surface area contributed by atoms with Crippen molar-refractivity contribution >= 4 is 27.8 Å². The average Bonchev–Trinajstić information content (AvgIpc) is 2.92.